The second-order valence-electron chi connectivity index (χ2n) is 6.35. The molecule has 0 saturated carbocycles. The van der Waals surface area contributed by atoms with Crippen LogP contribution in [0.4, 0.5) is 4.39 Å². The Morgan fingerprint density at radius 2 is 1.90 bits per heavy atom. The van der Waals surface area contributed by atoms with E-state index < -0.39 is 12.6 Å². The van der Waals surface area contributed by atoms with Gasteiger partial charge in [-0.25, -0.2) is 13.5 Å². The summed E-state index contributed by atoms with van der Waals surface area (Å²) in [5, 5.41) is 8.95. The van der Waals surface area contributed by atoms with E-state index in [-0.39, 0.29) is 5.82 Å². The van der Waals surface area contributed by atoms with Gasteiger partial charge >= 0.3 is 5.97 Å². The van der Waals surface area contributed by atoms with E-state index in [2.05, 4.69) is 15.9 Å². The van der Waals surface area contributed by atoms with Gasteiger partial charge in [0, 0.05) is 21.5 Å². The minimum atomic E-state index is -1.02. The number of halogens is 2. The van der Waals surface area contributed by atoms with Crippen molar-refractivity contribution in [1.29, 1.82) is 0 Å². The molecule has 0 aliphatic heterocycles. The molecule has 0 saturated heterocycles. The van der Waals surface area contributed by atoms with Gasteiger partial charge in [-0.3, -0.25) is 0 Å². The lowest BCUT2D eigenvalue weighted by Crippen LogP contribution is -2.11. The standard InChI is InChI=1S/C22H19BrFNO3S/c1-25(29-19-8-6-18(24)7-9-19)13-15-5-10-21(28-14-22(26)27)20(11-15)16-3-2-4-17(23)12-16/h2-12H,13-14H2,1H3,(H,26,27). The summed E-state index contributed by atoms with van der Waals surface area (Å²) in [6, 6.07) is 19.8. The Kier molecular flexibility index (Phi) is 7.30. The number of ether oxygens (including phenoxy) is 1. The zero-order valence-electron chi connectivity index (χ0n) is 15.6. The van der Waals surface area contributed by atoms with E-state index in [1.54, 1.807) is 18.2 Å². The van der Waals surface area contributed by atoms with E-state index in [1.165, 1.54) is 24.1 Å². The first-order valence-corrected chi connectivity index (χ1v) is 10.4. The van der Waals surface area contributed by atoms with Gasteiger partial charge in [-0.15, -0.1) is 0 Å². The van der Waals surface area contributed by atoms with Gasteiger partial charge in [-0.05, 0) is 78.7 Å². The third-order valence-electron chi connectivity index (χ3n) is 4.01. The Bertz CT molecular complexity index is 998. The van der Waals surface area contributed by atoms with Gasteiger partial charge in [0.25, 0.3) is 0 Å². The van der Waals surface area contributed by atoms with Gasteiger partial charge in [0.1, 0.15) is 11.6 Å². The number of nitrogens with zero attached hydrogens (tertiary/aromatic N) is 1. The third-order valence-corrected chi connectivity index (χ3v) is 5.43. The van der Waals surface area contributed by atoms with Crippen molar-refractivity contribution in [2.75, 3.05) is 13.7 Å². The number of benzene rings is 3. The summed E-state index contributed by atoms with van der Waals surface area (Å²) in [5.41, 5.74) is 2.79. The molecule has 0 aliphatic carbocycles. The van der Waals surface area contributed by atoms with Crippen LogP contribution < -0.4 is 4.74 Å². The summed E-state index contributed by atoms with van der Waals surface area (Å²) < 4.78 is 21.5. The van der Waals surface area contributed by atoms with Crippen molar-refractivity contribution in [2.45, 2.75) is 11.4 Å². The monoisotopic (exact) mass is 475 g/mol. The molecule has 0 fully saturated rings. The highest BCUT2D eigenvalue weighted by Crippen LogP contribution is 2.33. The van der Waals surface area contributed by atoms with Crippen molar-refractivity contribution < 1.29 is 19.0 Å². The van der Waals surface area contributed by atoms with Crippen molar-refractivity contribution in [2.24, 2.45) is 0 Å². The first-order valence-electron chi connectivity index (χ1n) is 8.79. The Hall–Kier alpha value is -2.35. The van der Waals surface area contributed by atoms with Gasteiger partial charge in [-0.1, -0.05) is 34.1 Å². The zero-order chi connectivity index (χ0) is 20.8. The molecular weight excluding hydrogens is 457 g/mol. The van der Waals surface area contributed by atoms with Crippen molar-refractivity contribution in [3.8, 4) is 16.9 Å². The van der Waals surface area contributed by atoms with Crippen LogP contribution in [0.5, 0.6) is 5.75 Å². The van der Waals surface area contributed by atoms with Crippen molar-refractivity contribution in [3.63, 3.8) is 0 Å². The lowest BCUT2D eigenvalue weighted by molar-refractivity contribution is -0.139. The molecule has 3 rings (SSSR count). The normalized spacial score (nSPS) is 10.9. The fraction of sp³-hybridized carbons (Fsp3) is 0.136. The predicted molar refractivity (Wildman–Crippen MR) is 116 cm³/mol. The average Bonchev–Trinajstić information content (AvgIpc) is 2.68. The lowest BCUT2D eigenvalue weighted by atomic mass is 10.0. The molecule has 7 heteroatoms. The summed E-state index contributed by atoms with van der Waals surface area (Å²) >= 11 is 4.99. The highest BCUT2D eigenvalue weighted by atomic mass is 79.9. The number of carbonyl (C=O) groups is 1. The van der Waals surface area contributed by atoms with Gasteiger partial charge in [0.2, 0.25) is 0 Å². The fourth-order valence-electron chi connectivity index (χ4n) is 2.79. The molecule has 0 unspecified atom stereocenters. The number of aliphatic carboxylic acids is 1. The third kappa shape index (κ3) is 6.32. The molecule has 3 aromatic carbocycles. The lowest BCUT2D eigenvalue weighted by Gasteiger charge is -2.18. The molecule has 0 aliphatic rings. The molecule has 0 amide bonds. The minimum absolute atomic E-state index is 0.257. The molecule has 0 atom stereocenters. The van der Waals surface area contributed by atoms with E-state index in [0.717, 1.165) is 26.1 Å². The summed E-state index contributed by atoms with van der Waals surface area (Å²) in [6.07, 6.45) is 0. The number of rotatable bonds is 8. The van der Waals surface area contributed by atoms with Crippen LogP contribution >= 0.6 is 27.9 Å². The van der Waals surface area contributed by atoms with Crippen LogP contribution in [-0.4, -0.2) is 29.0 Å². The molecule has 0 heterocycles. The average molecular weight is 476 g/mol. The van der Waals surface area contributed by atoms with Crippen molar-refractivity contribution in [1.82, 2.24) is 4.31 Å². The maximum atomic E-state index is 13.1. The van der Waals surface area contributed by atoms with E-state index in [0.29, 0.717) is 12.3 Å². The van der Waals surface area contributed by atoms with Gasteiger partial charge in [-0.2, -0.15) is 0 Å². The molecule has 0 spiro atoms. The number of carboxylic acid groups (broad SMARTS) is 1. The van der Waals surface area contributed by atoms with E-state index >= 15 is 0 Å². The summed E-state index contributed by atoms with van der Waals surface area (Å²) in [7, 11) is 1.96. The highest BCUT2D eigenvalue weighted by molar-refractivity contribution is 9.10. The van der Waals surface area contributed by atoms with Crippen molar-refractivity contribution >= 4 is 33.8 Å². The SMILES string of the molecule is CN(Cc1ccc(OCC(=O)O)c(-c2cccc(Br)c2)c1)Sc1ccc(F)cc1. The number of hydrogen-bond donors (Lipinski definition) is 1. The number of hydrogen-bond acceptors (Lipinski definition) is 4. The first kappa shape index (κ1) is 21.4. The molecule has 3 aromatic rings. The molecule has 0 bridgehead atoms. The summed E-state index contributed by atoms with van der Waals surface area (Å²) in [4.78, 5) is 11.9. The van der Waals surface area contributed by atoms with Crippen LogP contribution in [0.25, 0.3) is 11.1 Å². The van der Waals surface area contributed by atoms with Gasteiger partial charge in [0.15, 0.2) is 6.61 Å². The van der Waals surface area contributed by atoms with Crippen molar-refractivity contribution in [3.05, 3.63) is 82.6 Å². The molecular formula is C22H19BrFNO3S. The van der Waals surface area contributed by atoms with E-state index in [1.807, 2.05) is 47.8 Å². The van der Waals surface area contributed by atoms with Crippen LogP contribution in [0.2, 0.25) is 0 Å². The maximum Gasteiger partial charge on any atom is 0.341 e. The molecule has 1 N–H and O–H groups in total. The molecule has 0 aromatic heterocycles. The predicted octanol–water partition coefficient (Wildman–Crippen LogP) is 5.86. The molecule has 29 heavy (non-hydrogen) atoms. The van der Waals surface area contributed by atoms with Crippen LogP contribution in [-0.2, 0) is 11.3 Å². The van der Waals surface area contributed by atoms with E-state index in [9.17, 15) is 9.18 Å². The van der Waals surface area contributed by atoms with Crippen LogP contribution in [0, 0.1) is 5.82 Å². The molecule has 150 valence electrons. The highest BCUT2D eigenvalue weighted by Gasteiger charge is 2.12. The molecule has 0 radical (unpaired) electrons. The largest absolute Gasteiger partial charge is 0.481 e. The second kappa shape index (κ2) is 9.91. The number of carboxylic acids is 1. The Labute approximate surface area is 181 Å². The first-order chi connectivity index (χ1) is 13.9. The Balaban J connectivity index is 1.82. The topological polar surface area (TPSA) is 49.8 Å². The second-order valence-corrected chi connectivity index (χ2v) is 8.55. The quantitative estimate of drug-likeness (QED) is 0.413. The fourth-order valence-corrected chi connectivity index (χ4v) is 4.02. The zero-order valence-corrected chi connectivity index (χ0v) is 18.0. The van der Waals surface area contributed by atoms with E-state index in [4.69, 9.17) is 9.84 Å². The Morgan fingerprint density at radius 1 is 1.14 bits per heavy atom. The smallest absolute Gasteiger partial charge is 0.341 e. The minimum Gasteiger partial charge on any atom is -0.481 e. The van der Waals surface area contributed by atoms with Gasteiger partial charge < -0.3 is 9.84 Å². The Morgan fingerprint density at radius 3 is 2.59 bits per heavy atom. The van der Waals surface area contributed by atoms with Crippen LogP contribution in [0.3, 0.4) is 0 Å². The maximum absolute atomic E-state index is 13.1. The summed E-state index contributed by atoms with van der Waals surface area (Å²) in [6.45, 7) is 0.239. The van der Waals surface area contributed by atoms with Gasteiger partial charge in [0.05, 0.1) is 0 Å². The van der Waals surface area contributed by atoms with Crippen LogP contribution in [0.1, 0.15) is 5.56 Å². The van der Waals surface area contributed by atoms with Crippen LogP contribution in [0.15, 0.2) is 76.1 Å². The summed E-state index contributed by atoms with van der Waals surface area (Å²) in [5.74, 6) is -0.764. The molecule has 4 nitrogen and oxygen atoms in total.